The van der Waals surface area contributed by atoms with Gasteiger partial charge in [0.05, 0.1) is 17.3 Å². The molecule has 0 spiro atoms. The Labute approximate surface area is 225 Å². The molecular weight excluding hydrogens is 509 g/mol. The predicted molar refractivity (Wildman–Crippen MR) is 146 cm³/mol. The van der Waals surface area contributed by atoms with E-state index in [4.69, 9.17) is 38.8 Å². The number of amides is 1. The van der Waals surface area contributed by atoms with Crippen LogP contribution in [-0.2, 0) is 9.53 Å². The highest BCUT2D eigenvalue weighted by Gasteiger charge is 2.43. The Hall–Kier alpha value is -3.61. The first-order valence-corrected chi connectivity index (χ1v) is 12.8. The molecule has 3 aromatic carbocycles. The van der Waals surface area contributed by atoms with Crippen molar-refractivity contribution in [3.05, 3.63) is 105 Å². The van der Waals surface area contributed by atoms with Crippen LogP contribution in [0.15, 0.2) is 83.5 Å². The molecular formula is C29H25Cl2N3O3. The largest absolute Gasteiger partial charge is 0.452 e. The second-order valence-electron chi connectivity index (χ2n) is 9.14. The molecule has 1 amide bonds. The standard InChI is InChI=1S/C29H25Cl2N3O3/c30-22-11-7-18(8-12-22)15-20-3-2-6-25-27(20)33-34(28(25)19-9-13-23(31)14-10-19)26(35)17-37-29(36)21-4-1-5-24(32)16-21/h1,4-5,7-16,25,28H,2-3,6,17,32H2. The lowest BCUT2D eigenvalue weighted by Gasteiger charge is -2.29. The third-order valence-electron chi connectivity index (χ3n) is 6.63. The van der Waals surface area contributed by atoms with Gasteiger partial charge < -0.3 is 10.5 Å². The zero-order valence-corrected chi connectivity index (χ0v) is 21.5. The number of fused-ring (bicyclic) bond motifs is 1. The van der Waals surface area contributed by atoms with Gasteiger partial charge in [0.1, 0.15) is 0 Å². The van der Waals surface area contributed by atoms with Gasteiger partial charge in [0.15, 0.2) is 6.61 Å². The van der Waals surface area contributed by atoms with Gasteiger partial charge in [-0.3, -0.25) is 4.79 Å². The Morgan fingerprint density at radius 1 is 1.03 bits per heavy atom. The second-order valence-corrected chi connectivity index (χ2v) is 10.0. The van der Waals surface area contributed by atoms with E-state index in [-0.39, 0.29) is 17.5 Å². The topological polar surface area (TPSA) is 85.0 Å². The number of halogens is 2. The van der Waals surface area contributed by atoms with E-state index in [0.29, 0.717) is 15.7 Å². The summed E-state index contributed by atoms with van der Waals surface area (Å²) in [5.74, 6) is -0.997. The summed E-state index contributed by atoms with van der Waals surface area (Å²) >= 11 is 12.2. The number of carbonyl (C=O) groups is 2. The third-order valence-corrected chi connectivity index (χ3v) is 7.13. The van der Waals surface area contributed by atoms with E-state index in [1.54, 1.807) is 18.2 Å². The van der Waals surface area contributed by atoms with Crippen LogP contribution in [0.5, 0.6) is 0 Å². The van der Waals surface area contributed by atoms with Crippen molar-refractivity contribution in [3.63, 3.8) is 0 Å². The monoisotopic (exact) mass is 533 g/mol. The van der Waals surface area contributed by atoms with Crippen LogP contribution in [0.1, 0.15) is 46.8 Å². The normalized spacial score (nSPS) is 19.9. The van der Waals surface area contributed by atoms with Crippen LogP contribution in [0.3, 0.4) is 0 Å². The van der Waals surface area contributed by atoms with Crippen molar-refractivity contribution in [2.75, 3.05) is 12.3 Å². The van der Waals surface area contributed by atoms with E-state index in [1.165, 1.54) is 11.1 Å². The number of nitrogens with zero attached hydrogens (tertiary/aromatic N) is 2. The zero-order valence-electron chi connectivity index (χ0n) is 19.9. The molecule has 2 atom stereocenters. The Kier molecular flexibility index (Phi) is 7.31. The van der Waals surface area contributed by atoms with Crippen molar-refractivity contribution >= 4 is 52.6 Å². The number of benzene rings is 3. The number of hydrazone groups is 1. The van der Waals surface area contributed by atoms with Crippen molar-refractivity contribution < 1.29 is 14.3 Å². The average molecular weight is 534 g/mol. The molecule has 6 nitrogen and oxygen atoms in total. The minimum absolute atomic E-state index is 0.0158. The molecule has 1 saturated carbocycles. The summed E-state index contributed by atoms with van der Waals surface area (Å²) in [5.41, 5.74) is 10.4. The molecule has 1 aliphatic heterocycles. The fourth-order valence-electron chi connectivity index (χ4n) is 4.90. The van der Waals surface area contributed by atoms with Gasteiger partial charge in [0.25, 0.3) is 5.91 Å². The molecule has 188 valence electrons. The summed E-state index contributed by atoms with van der Waals surface area (Å²) in [7, 11) is 0. The molecule has 0 bridgehead atoms. The lowest BCUT2D eigenvalue weighted by molar-refractivity contribution is -0.137. The molecule has 2 N–H and O–H groups in total. The van der Waals surface area contributed by atoms with Gasteiger partial charge in [-0.15, -0.1) is 0 Å². The summed E-state index contributed by atoms with van der Waals surface area (Å²) in [5, 5.41) is 7.57. The highest BCUT2D eigenvalue weighted by Crippen LogP contribution is 2.44. The molecule has 3 aromatic rings. The van der Waals surface area contributed by atoms with Crippen LogP contribution in [-0.4, -0.2) is 29.2 Å². The predicted octanol–water partition coefficient (Wildman–Crippen LogP) is 6.56. The number of anilines is 1. The smallest absolute Gasteiger partial charge is 0.338 e. The lowest BCUT2D eigenvalue weighted by atomic mass is 9.77. The summed E-state index contributed by atoms with van der Waals surface area (Å²) in [6, 6.07) is 21.2. The maximum atomic E-state index is 13.4. The first kappa shape index (κ1) is 25.1. The van der Waals surface area contributed by atoms with Crippen LogP contribution >= 0.6 is 23.2 Å². The molecule has 2 unspecified atom stereocenters. The minimum Gasteiger partial charge on any atom is -0.452 e. The maximum absolute atomic E-state index is 13.4. The van der Waals surface area contributed by atoms with Crippen molar-refractivity contribution in [3.8, 4) is 0 Å². The molecule has 5 rings (SSSR count). The van der Waals surface area contributed by atoms with Crippen LogP contribution in [0.25, 0.3) is 6.08 Å². The van der Waals surface area contributed by atoms with E-state index in [9.17, 15) is 9.59 Å². The van der Waals surface area contributed by atoms with Gasteiger partial charge in [-0.25, -0.2) is 9.80 Å². The Bertz CT molecular complexity index is 1380. The molecule has 1 aliphatic carbocycles. The first-order chi connectivity index (χ1) is 17.9. The van der Waals surface area contributed by atoms with Gasteiger partial charge in [0.2, 0.25) is 0 Å². The fraction of sp³-hybridized carbons (Fsp3) is 0.207. The third kappa shape index (κ3) is 5.55. The highest BCUT2D eigenvalue weighted by molar-refractivity contribution is 6.30. The van der Waals surface area contributed by atoms with E-state index >= 15 is 0 Å². The van der Waals surface area contributed by atoms with Gasteiger partial charge >= 0.3 is 5.97 Å². The number of carbonyl (C=O) groups excluding carboxylic acids is 2. The van der Waals surface area contributed by atoms with Crippen LogP contribution in [0, 0.1) is 5.92 Å². The zero-order chi connectivity index (χ0) is 25.9. The number of hydrogen-bond donors (Lipinski definition) is 1. The van der Waals surface area contributed by atoms with Gasteiger partial charge in [0, 0.05) is 21.7 Å². The Morgan fingerprint density at radius 2 is 1.73 bits per heavy atom. The number of ether oxygens (including phenoxy) is 1. The van der Waals surface area contributed by atoms with Crippen molar-refractivity contribution in [1.82, 2.24) is 5.01 Å². The minimum atomic E-state index is -0.615. The molecule has 0 saturated heterocycles. The maximum Gasteiger partial charge on any atom is 0.338 e. The summed E-state index contributed by atoms with van der Waals surface area (Å²) < 4.78 is 5.34. The van der Waals surface area contributed by atoms with Crippen molar-refractivity contribution in [2.24, 2.45) is 11.0 Å². The average Bonchev–Trinajstić information content (AvgIpc) is 3.29. The molecule has 0 radical (unpaired) electrons. The summed E-state index contributed by atoms with van der Waals surface area (Å²) in [4.78, 5) is 25.9. The first-order valence-electron chi connectivity index (χ1n) is 12.0. The fourth-order valence-corrected chi connectivity index (χ4v) is 5.15. The van der Waals surface area contributed by atoms with E-state index < -0.39 is 18.5 Å². The van der Waals surface area contributed by atoms with Crippen LogP contribution in [0.4, 0.5) is 5.69 Å². The van der Waals surface area contributed by atoms with Crippen LogP contribution in [0.2, 0.25) is 10.0 Å². The molecule has 37 heavy (non-hydrogen) atoms. The van der Waals surface area contributed by atoms with E-state index in [0.717, 1.165) is 41.7 Å². The second kappa shape index (κ2) is 10.8. The van der Waals surface area contributed by atoms with Crippen molar-refractivity contribution in [1.29, 1.82) is 0 Å². The number of esters is 1. The molecule has 2 aliphatic rings. The number of allylic oxidation sites excluding steroid dienone is 1. The number of rotatable bonds is 5. The molecule has 1 heterocycles. The summed E-state index contributed by atoms with van der Waals surface area (Å²) in [6.45, 7) is -0.433. The number of nitrogens with two attached hydrogens (primary N) is 1. The number of nitrogen functional groups attached to an aromatic ring is 1. The van der Waals surface area contributed by atoms with Gasteiger partial charge in [-0.2, -0.15) is 5.10 Å². The number of hydrogen-bond acceptors (Lipinski definition) is 5. The SMILES string of the molecule is Nc1cccc(C(=O)OCC(=O)N2N=C3C(=Cc4ccc(Cl)cc4)CCCC3C2c2ccc(Cl)cc2)c1. The van der Waals surface area contributed by atoms with Gasteiger partial charge in [-0.1, -0.05) is 53.5 Å². The summed E-state index contributed by atoms with van der Waals surface area (Å²) in [6.07, 6.45) is 4.82. The van der Waals surface area contributed by atoms with Crippen LogP contribution < -0.4 is 5.73 Å². The lowest BCUT2D eigenvalue weighted by Crippen LogP contribution is -2.34. The molecule has 0 aromatic heterocycles. The highest BCUT2D eigenvalue weighted by atomic mass is 35.5. The van der Waals surface area contributed by atoms with Gasteiger partial charge in [-0.05, 0) is 84.5 Å². The quantitative estimate of drug-likeness (QED) is 0.297. The van der Waals surface area contributed by atoms with E-state index in [2.05, 4.69) is 6.08 Å². The van der Waals surface area contributed by atoms with Crippen molar-refractivity contribution in [2.45, 2.75) is 25.3 Å². The molecule has 8 heteroatoms. The Balaban J connectivity index is 1.43. The van der Waals surface area contributed by atoms with E-state index in [1.807, 2.05) is 48.5 Å². The molecule has 1 fully saturated rings. The Morgan fingerprint density at radius 3 is 2.43 bits per heavy atom.